The van der Waals surface area contributed by atoms with Crippen LogP contribution in [-0.2, 0) is 20.9 Å². The highest BCUT2D eigenvalue weighted by Gasteiger charge is 2.25. The van der Waals surface area contributed by atoms with Crippen molar-refractivity contribution in [2.75, 3.05) is 32.6 Å². The van der Waals surface area contributed by atoms with Gasteiger partial charge in [-0.15, -0.1) is 0 Å². The van der Waals surface area contributed by atoms with Crippen LogP contribution in [0.5, 0.6) is 0 Å². The lowest BCUT2D eigenvalue weighted by Crippen LogP contribution is -2.42. The summed E-state index contributed by atoms with van der Waals surface area (Å²) in [6.07, 6.45) is 1.19. The summed E-state index contributed by atoms with van der Waals surface area (Å²) < 4.78 is 5.94. The van der Waals surface area contributed by atoms with Crippen LogP contribution in [0.25, 0.3) is 11.3 Å². The normalized spacial score (nSPS) is 13.6. The van der Waals surface area contributed by atoms with Gasteiger partial charge in [0, 0.05) is 38.2 Å². The number of benzene rings is 1. The number of likely N-dealkylation sites (tertiary alicyclic amines) is 1. The molecular weight excluding hydrogens is 452 g/mol. The fourth-order valence-electron chi connectivity index (χ4n) is 4.04. The summed E-state index contributed by atoms with van der Waals surface area (Å²) in [6, 6.07) is 7.89. The van der Waals surface area contributed by atoms with Crippen LogP contribution in [0.4, 0.5) is 10.5 Å². The molecule has 0 aliphatic carbocycles. The van der Waals surface area contributed by atoms with Gasteiger partial charge >= 0.3 is 6.09 Å². The Hall–Kier alpha value is -4.20. The SMILES string of the molecule is CNC(=O)CC1CCN(C(=O)Cn2c(C)nc(-c3ccc(C#N)cc3NC(=O)OC)cc2=O)CC1. The Labute approximate surface area is 202 Å². The molecule has 1 aliphatic heterocycles. The van der Waals surface area contributed by atoms with Gasteiger partial charge in [0.15, 0.2) is 0 Å². The number of aryl methyl sites for hydroxylation is 1. The topological polar surface area (TPSA) is 146 Å². The predicted molar refractivity (Wildman–Crippen MR) is 127 cm³/mol. The first-order chi connectivity index (χ1) is 16.7. The zero-order valence-electron chi connectivity index (χ0n) is 20.0. The molecule has 1 aromatic carbocycles. The lowest BCUT2D eigenvalue weighted by atomic mass is 9.93. The maximum atomic E-state index is 12.9. The number of rotatable bonds is 6. The van der Waals surface area contributed by atoms with E-state index in [1.165, 1.54) is 23.8 Å². The standard InChI is InChI=1S/C24H28N6O5/c1-15-27-20(18-5-4-17(13-25)10-19(18)28-24(34)35-3)12-22(32)30(15)14-23(33)29-8-6-16(7-9-29)11-21(31)26-2/h4-5,10,12,16H,6-9,11,14H2,1-3H3,(H,26,31)(H,28,34). The lowest BCUT2D eigenvalue weighted by molar-refractivity contribution is -0.133. The zero-order valence-corrected chi connectivity index (χ0v) is 20.0. The number of nitrogens with zero attached hydrogens (tertiary/aromatic N) is 4. The minimum Gasteiger partial charge on any atom is -0.453 e. The molecule has 1 fully saturated rings. The maximum absolute atomic E-state index is 12.9. The first kappa shape index (κ1) is 25.4. The van der Waals surface area contributed by atoms with Crippen molar-refractivity contribution < 1.29 is 19.1 Å². The van der Waals surface area contributed by atoms with Gasteiger partial charge in [-0.3, -0.25) is 24.3 Å². The van der Waals surface area contributed by atoms with Crippen molar-refractivity contribution in [1.29, 1.82) is 5.26 Å². The molecule has 3 rings (SSSR count). The molecule has 35 heavy (non-hydrogen) atoms. The van der Waals surface area contributed by atoms with E-state index in [-0.39, 0.29) is 30.0 Å². The van der Waals surface area contributed by atoms with E-state index in [0.717, 1.165) is 12.8 Å². The summed E-state index contributed by atoms with van der Waals surface area (Å²) in [5, 5.41) is 14.3. The van der Waals surface area contributed by atoms with E-state index in [9.17, 15) is 24.4 Å². The van der Waals surface area contributed by atoms with E-state index < -0.39 is 11.7 Å². The van der Waals surface area contributed by atoms with Crippen LogP contribution < -0.4 is 16.2 Å². The average molecular weight is 481 g/mol. The second-order valence-corrected chi connectivity index (χ2v) is 8.30. The molecule has 2 N–H and O–H groups in total. The highest BCUT2D eigenvalue weighted by atomic mass is 16.5. The molecule has 184 valence electrons. The van der Waals surface area contributed by atoms with E-state index >= 15 is 0 Å². The summed E-state index contributed by atoms with van der Waals surface area (Å²) in [4.78, 5) is 55.3. The summed E-state index contributed by atoms with van der Waals surface area (Å²) in [5.41, 5.74) is 0.905. The van der Waals surface area contributed by atoms with Crippen LogP contribution in [-0.4, -0.2) is 59.6 Å². The second kappa shape index (κ2) is 11.3. The van der Waals surface area contributed by atoms with E-state index in [1.54, 1.807) is 31.0 Å². The molecule has 11 nitrogen and oxygen atoms in total. The van der Waals surface area contributed by atoms with E-state index in [1.807, 2.05) is 6.07 Å². The summed E-state index contributed by atoms with van der Waals surface area (Å²) in [5.74, 6) is 0.387. The van der Waals surface area contributed by atoms with Crippen molar-refractivity contribution in [2.45, 2.75) is 32.7 Å². The van der Waals surface area contributed by atoms with Crippen molar-refractivity contribution >= 4 is 23.6 Å². The Morgan fingerprint density at radius 3 is 2.54 bits per heavy atom. The van der Waals surface area contributed by atoms with Gasteiger partial charge < -0.3 is 15.0 Å². The fourth-order valence-corrected chi connectivity index (χ4v) is 4.04. The highest BCUT2D eigenvalue weighted by Crippen LogP contribution is 2.27. The Balaban J connectivity index is 1.77. The van der Waals surface area contributed by atoms with Crippen LogP contribution >= 0.6 is 0 Å². The molecule has 1 aromatic heterocycles. The third kappa shape index (κ3) is 6.23. The van der Waals surface area contributed by atoms with Gasteiger partial charge in [0.1, 0.15) is 12.4 Å². The van der Waals surface area contributed by atoms with Gasteiger partial charge in [0.05, 0.1) is 30.1 Å². The van der Waals surface area contributed by atoms with Gasteiger partial charge in [0.25, 0.3) is 5.56 Å². The molecule has 0 unspecified atom stereocenters. The molecule has 11 heteroatoms. The number of nitriles is 1. The Bertz CT molecular complexity index is 1220. The molecule has 0 spiro atoms. The fraction of sp³-hybridized carbons (Fsp3) is 0.417. The molecule has 0 atom stereocenters. The van der Waals surface area contributed by atoms with Crippen LogP contribution in [0.15, 0.2) is 29.1 Å². The lowest BCUT2D eigenvalue weighted by Gasteiger charge is -2.32. The maximum Gasteiger partial charge on any atom is 0.411 e. The van der Waals surface area contributed by atoms with Gasteiger partial charge in [-0.05, 0) is 43.9 Å². The van der Waals surface area contributed by atoms with Gasteiger partial charge in [0.2, 0.25) is 11.8 Å². The highest BCUT2D eigenvalue weighted by molar-refractivity contribution is 5.91. The van der Waals surface area contributed by atoms with E-state index in [2.05, 4.69) is 20.4 Å². The number of piperidine rings is 1. The minimum absolute atomic E-state index is 0.00433. The number of carbonyl (C=O) groups excluding carboxylic acids is 3. The van der Waals surface area contributed by atoms with Crippen molar-refractivity contribution in [3.63, 3.8) is 0 Å². The molecular formula is C24H28N6O5. The molecule has 0 saturated carbocycles. The van der Waals surface area contributed by atoms with E-state index in [4.69, 9.17) is 0 Å². The van der Waals surface area contributed by atoms with Crippen molar-refractivity contribution in [3.05, 3.63) is 46.0 Å². The number of hydrogen-bond donors (Lipinski definition) is 2. The average Bonchev–Trinajstić information content (AvgIpc) is 2.86. The number of amides is 3. The van der Waals surface area contributed by atoms with Crippen LogP contribution in [0.1, 0.15) is 30.7 Å². The number of ether oxygens (including phenoxy) is 1. The molecule has 3 amide bonds. The Morgan fingerprint density at radius 1 is 1.23 bits per heavy atom. The number of hydrogen-bond acceptors (Lipinski definition) is 7. The first-order valence-corrected chi connectivity index (χ1v) is 11.2. The largest absolute Gasteiger partial charge is 0.453 e. The summed E-state index contributed by atoms with van der Waals surface area (Å²) >= 11 is 0. The molecule has 0 radical (unpaired) electrons. The third-order valence-electron chi connectivity index (χ3n) is 6.06. The molecule has 2 aromatic rings. The number of nitrogens with one attached hydrogen (secondary N) is 2. The molecule has 2 heterocycles. The minimum atomic E-state index is -0.726. The van der Waals surface area contributed by atoms with Crippen molar-refractivity contribution in [3.8, 4) is 17.3 Å². The summed E-state index contributed by atoms with van der Waals surface area (Å²) in [7, 11) is 2.83. The van der Waals surface area contributed by atoms with Crippen LogP contribution in [0.2, 0.25) is 0 Å². The van der Waals surface area contributed by atoms with E-state index in [0.29, 0.717) is 42.2 Å². The van der Waals surface area contributed by atoms with Gasteiger partial charge in [-0.2, -0.15) is 5.26 Å². The number of anilines is 1. The van der Waals surface area contributed by atoms with Gasteiger partial charge in [-0.25, -0.2) is 9.78 Å². The molecule has 1 saturated heterocycles. The number of aromatic nitrogens is 2. The Kier molecular flexibility index (Phi) is 8.20. The monoisotopic (exact) mass is 480 g/mol. The summed E-state index contributed by atoms with van der Waals surface area (Å²) in [6.45, 7) is 2.56. The van der Waals surface area contributed by atoms with Gasteiger partial charge in [-0.1, -0.05) is 0 Å². The quantitative estimate of drug-likeness (QED) is 0.639. The van der Waals surface area contributed by atoms with Crippen molar-refractivity contribution in [2.24, 2.45) is 5.92 Å². The number of methoxy groups -OCH3 is 1. The number of carbonyl (C=O) groups is 3. The van der Waals surface area contributed by atoms with Crippen molar-refractivity contribution in [1.82, 2.24) is 19.8 Å². The first-order valence-electron chi connectivity index (χ1n) is 11.2. The molecule has 0 bridgehead atoms. The predicted octanol–water partition coefficient (Wildman–Crippen LogP) is 1.64. The van der Waals surface area contributed by atoms with Crippen LogP contribution in [0, 0.1) is 24.2 Å². The van der Waals surface area contributed by atoms with Crippen LogP contribution in [0.3, 0.4) is 0 Å². The smallest absolute Gasteiger partial charge is 0.411 e. The zero-order chi connectivity index (χ0) is 25.5. The molecule has 1 aliphatic rings. The second-order valence-electron chi connectivity index (χ2n) is 8.30. The Morgan fingerprint density at radius 2 is 1.94 bits per heavy atom. The third-order valence-corrected chi connectivity index (χ3v) is 6.06.